The van der Waals surface area contributed by atoms with Gasteiger partial charge in [-0.1, -0.05) is 32.4 Å². The van der Waals surface area contributed by atoms with Gasteiger partial charge in [0.1, 0.15) is 0 Å². The summed E-state index contributed by atoms with van der Waals surface area (Å²) in [6.07, 6.45) is 1.07. The first-order valence-corrected chi connectivity index (χ1v) is 10.0. The van der Waals surface area contributed by atoms with Crippen LogP contribution in [0.3, 0.4) is 0 Å². The Labute approximate surface area is 141 Å². The van der Waals surface area contributed by atoms with Gasteiger partial charge in [-0.2, -0.15) is 28.6 Å². The Hall–Kier alpha value is 0.160. The van der Waals surface area contributed by atoms with Crippen LogP contribution in [0.15, 0.2) is 0 Å². The molecule has 1 aromatic heterocycles. The van der Waals surface area contributed by atoms with Gasteiger partial charge < -0.3 is 5.11 Å². The average Bonchev–Trinajstić information content (AvgIpc) is 2.78. The van der Waals surface area contributed by atoms with Crippen LogP contribution in [0.4, 0.5) is 0 Å². The minimum atomic E-state index is -0.360. The zero-order chi connectivity index (χ0) is 15.6. The third kappa shape index (κ3) is 3.92. The summed E-state index contributed by atoms with van der Waals surface area (Å²) < 4.78 is 1.94. The molecule has 1 N–H and O–H groups in total. The summed E-state index contributed by atoms with van der Waals surface area (Å²) in [6.45, 7) is 9.43. The molecule has 0 bridgehead atoms. The number of halogens is 1. The third-order valence-corrected chi connectivity index (χ3v) is 8.07. The molecule has 0 aromatic carbocycles. The molecule has 120 valence electrons. The van der Waals surface area contributed by atoms with Crippen molar-refractivity contribution in [2.24, 2.45) is 0 Å². The first-order valence-electron chi connectivity index (χ1n) is 7.67. The highest BCUT2D eigenvalue weighted by molar-refractivity contribution is 8.07. The first-order chi connectivity index (χ1) is 9.97. The average molecular weight is 349 g/mol. The second-order valence-corrected chi connectivity index (χ2v) is 8.98. The molecule has 1 saturated heterocycles. The Balaban J connectivity index is 2.09. The molecule has 21 heavy (non-hydrogen) atoms. The van der Waals surface area contributed by atoms with E-state index < -0.39 is 0 Å². The Bertz CT molecular complexity index is 480. The van der Waals surface area contributed by atoms with E-state index in [-0.39, 0.29) is 11.4 Å². The van der Waals surface area contributed by atoms with Crippen LogP contribution in [0, 0.1) is 0 Å². The molecule has 1 fully saturated rings. The van der Waals surface area contributed by atoms with Crippen LogP contribution in [0.1, 0.15) is 39.1 Å². The fourth-order valence-electron chi connectivity index (χ4n) is 2.55. The number of aliphatic hydroxyl groups is 1. The highest BCUT2D eigenvalue weighted by Gasteiger charge is 2.31. The molecule has 0 radical (unpaired) electrons. The SMILES string of the molecule is CCc1nn(CC)c(CC(O)C2CSC(C)C(C)S2)c1Cl. The molecule has 6 heteroatoms. The van der Waals surface area contributed by atoms with E-state index in [1.807, 2.05) is 28.2 Å². The maximum absolute atomic E-state index is 10.6. The van der Waals surface area contributed by atoms with Crippen molar-refractivity contribution in [3.63, 3.8) is 0 Å². The standard InChI is InChI=1S/C15H25ClN2OS2/c1-5-11-15(16)12(18(6-2)17-11)7-13(19)14-8-20-9(3)10(4)21-14/h9-10,13-14,19H,5-8H2,1-4H3. The molecule has 2 rings (SSSR count). The van der Waals surface area contributed by atoms with E-state index in [9.17, 15) is 5.11 Å². The predicted molar refractivity (Wildman–Crippen MR) is 94.8 cm³/mol. The molecular formula is C15H25ClN2OS2. The second kappa shape index (κ2) is 7.62. The number of hydrogen-bond donors (Lipinski definition) is 1. The van der Waals surface area contributed by atoms with Gasteiger partial charge in [0.15, 0.2) is 0 Å². The summed E-state index contributed by atoms with van der Waals surface area (Å²) in [7, 11) is 0. The van der Waals surface area contributed by atoms with E-state index >= 15 is 0 Å². The van der Waals surface area contributed by atoms with Crippen LogP contribution in [-0.2, 0) is 19.4 Å². The van der Waals surface area contributed by atoms with Crippen LogP contribution in [0.25, 0.3) is 0 Å². The summed E-state index contributed by atoms with van der Waals surface area (Å²) in [5.74, 6) is 1.01. The zero-order valence-corrected chi connectivity index (χ0v) is 15.6. The summed E-state index contributed by atoms with van der Waals surface area (Å²) >= 11 is 10.3. The van der Waals surface area contributed by atoms with Crippen LogP contribution < -0.4 is 0 Å². The normalized spacial score (nSPS) is 27.8. The van der Waals surface area contributed by atoms with E-state index in [2.05, 4.69) is 32.8 Å². The fraction of sp³-hybridized carbons (Fsp3) is 0.800. The van der Waals surface area contributed by atoms with Gasteiger partial charge >= 0.3 is 0 Å². The highest BCUT2D eigenvalue weighted by atomic mass is 35.5. The predicted octanol–water partition coefficient (Wildman–Crippen LogP) is 3.65. The van der Waals surface area contributed by atoms with Crippen LogP contribution in [-0.4, -0.2) is 42.5 Å². The summed E-state index contributed by atoms with van der Waals surface area (Å²) in [4.78, 5) is 0. The summed E-state index contributed by atoms with van der Waals surface area (Å²) in [6, 6.07) is 0. The van der Waals surface area contributed by atoms with Crippen LogP contribution >= 0.6 is 35.1 Å². The molecule has 0 saturated carbocycles. The summed E-state index contributed by atoms with van der Waals surface area (Å²) in [5, 5.41) is 17.4. The fourth-order valence-corrected chi connectivity index (χ4v) is 5.91. The topological polar surface area (TPSA) is 38.0 Å². The number of aryl methyl sites for hydroxylation is 2. The molecule has 0 amide bonds. The second-order valence-electron chi connectivity index (χ2n) is 5.57. The van der Waals surface area contributed by atoms with E-state index in [1.54, 1.807) is 0 Å². The smallest absolute Gasteiger partial charge is 0.0850 e. The lowest BCUT2D eigenvalue weighted by atomic mass is 10.1. The van der Waals surface area contributed by atoms with Crippen molar-refractivity contribution >= 4 is 35.1 Å². The van der Waals surface area contributed by atoms with E-state index in [1.165, 1.54) is 0 Å². The Morgan fingerprint density at radius 2 is 2.10 bits per heavy atom. The molecule has 0 spiro atoms. The molecule has 1 aliphatic rings. The largest absolute Gasteiger partial charge is 0.392 e. The van der Waals surface area contributed by atoms with Crippen molar-refractivity contribution in [1.29, 1.82) is 0 Å². The van der Waals surface area contributed by atoms with Gasteiger partial charge in [-0.25, -0.2) is 0 Å². The quantitative estimate of drug-likeness (QED) is 0.881. The molecule has 1 aromatic rings. The number of thioether (sulfide) groups is 2. The minimum absolute atomic E-state index is 0.280. The zero-order valence-electron chi connectivity index (χ0n) is 13.2. The van der Waals surface area contributed by atoms with E-state index in [0.717, 1.165) is 35.1 Å². The molecule has 4 atom stereocenters. The molecule has 4 unspecified atom stereocenters. The molecular weight excluding hydrogens is 324 g/mol. The van der Waals surface area contributed by atoms with Gasteiger partial charge in [0.05, 0.1) is 22.5 Å². The maximum atomic E-state index is 10.6. The number of rotatable bonds is 5. The lowest BCUT2D eigenvalue weighted by molar-refractivity contribution is 0.174. The van der Waals surface area contributed by atoms with Gasteiger partial charge in [0.25, 0.3) is 0 Å². The van der Waals surface area contributed by atoms with Crippen molar-refractivity contribution in [2.75, 3.05) is 5.75 Å². The van der Waals surface area contributed by atoms with Crippen molar-refractivity contribution in [1.82, 2.24) is 9.78 Å². The third-order valence-electron chi connectivity index (χ3n) is 4.10. The molecule has 1 aliphatic heterocycles. The van der Waals surface area contributed by atoms with Crippen molar-refractivity contribution in [3.05, 3.63) is 16.4 Å². The Kier molecular flexibility index (Phi) is 6.36. The number of hydrogen-bond acceptors (Lipinski definition) is 4. The number of nitrogens with zero attached hydrogens (tertiary/aromatic N) is 2. The number of aliphatic hydroxyl groups excluding tert-OH is 1. The van der Waals surface area contributed by atoms with Gasteiger partial charge in [-0.3, -0.25) is 4.68 Å². The van der Waals surface area contributed by atoms with E-state index in [4.69, 9.17) is 11.6 Å². The van der Waals surface area contributed by atoms with Crippen LogP contribution in [0.5, 0.6) is 0 Å². The minimum Gasteiger partial charge on any atom is -0.392 e. The van der Waals surface area contributed by atoms with Crippen molar-refractivity contribution in [2.45, 2.75) is 68.9 Å². The van der Waals surface area contributed by atoms with Gasteiger partial charge in [-0.15, -0.1) is 0 Å². The van der Waals surface area contributed by atoms with Gasteiger partial charge in [-0.05, 0) is 13.3 Å². The summed E-state index contributed by atoms with van der Waals surface area (Å²) in [5.41, 5.74) is 1.92. The monoisotopic (exact) mass is 348 g/mol. The highest BCUT2D eigenvalue weighted by Crippen LogP contribution is 2.38. The van der Waals surface area contributed by atoms with Crippen molar-refractivity contribution in [3.8, 4) is 0 Å². The van der Waals surface area contributed by atoms with Gasteiger partial charge in [0, 0.05) is 34.5 Å². The lowest BCUT2D eigenvalue weighted by Gasteiger charge is -2.33. The van der Waals surface area contributed by atoms with Gasteiger partial charge in [0.2, 0.25) is 0 Å². The molecule has 0 aliphatic carbocycles. The van der Waals surface area contributed by atoms with Crippen LogP contribution in [0.2, 0.25) is 5.02 Å². The number of aromatic nitrogens is 2. The van der Waals surface area contributed by atoms with E-state index in [0.29, 0.717) is 16.9 Å². The Morgan fingerprint density at radius 1 is 1.38 bits per heavy atom. The first kappa shape index (κ1) is 17.5. The Morgan fingerprint density at radius 3 is 2.67 bits per heavy atom. The van der Waals surface area contributed by atoms with Crippen molar-refractivity contribution < 1.29 is 5.11 Å². The molecule has 2 heterocycles. The lowest BCUT2D eigenvalue weighted by Crippen LogP contribution is -2.36. The maximum Gasteiger partial charge on any atom is 0.0850 e. The molecule has 3 nitrogen and oxygen atoms in total.